The zero-order valence-electron chi connectivity index (χ0n) is 18.4. The number of amides is 1. The van der Waals surface area contributed by atoms with Gasteiger partial charge in [-0.05, 0) is 23.5 Å². The van der Waals surface area contributed by atoms with Crippen molar-refractivity contribution in [3.63, 3.8) is 0 Å². The van der Waals surface area contributed by atoms with Gasteiger partial charge in [-0.1, -0.05) is 85.1 Å². The molecule has 1 N–H and O–H groups in total. The van der Waals surface area contributed by atoms with Crippen LogP contribution in [0.25, 0.3) is 0 Å². The number of nitrogens with one attached hydrogen (secondary N) is 1. The summed E-state index contributed by atoms with van der Waals surface area (Å²) in [6.07, 6.45) is 1.72. The Hall–Kier alpha value is -3.58. The number of esters is 1. The topological polar surface area (TPSA) is 71.0 Å². The van der Waals surface area contributed by atoms with Crippen molar-refractivity contribution in [2.45, 2.75) is 25.9 Å². The lowest BCUT2D eigenvalue weighted by Crippen LogP contribution is -2.38. The molecule has 0 aromatic heterocycles. The third-order valence-corrected chi connectivity index (χ3v) is 6.23. The van der Waals surface area contributed by atoms with E-state index in [1.165, 1.54) is 17.8 Å². The van der Waals surface area contributed by atoms with Crippen molar-refractivity contribution in [3.05, 3.63) is 107 Å². The van der Waals surface area contributed by atoms with E-state index in [1.807, 2.05) is 77.9 Å². The van der Waals surface area contributed by atoms with E-state index >= 15 is 0 Å². The molecule has 2 aromatic rings. The minimum absolute atomic E-state index is 0.0965. The van der Waals surface area contributed by atoms with E-state index in [4.69, 9.17) is 4.74 Å². The van der Waals surface area contributed by atoms with E-state index in [1.54, 1.807) is 0 Å². The molecule has 0 fully saturated rings. The van der Waals surface area contributed by atoms with Crippen LogP contribution in [-0.2, 0) is 20.9 Å². The number of allylic oxidation sites excluding steroid dienone is 1. The summed E-state index contributed by atoms with van der Waals surface area (Å²) in [5.74, 6) is -0.533. The summed E-state index contributed by atoms with van der Waals surface area (Å²) in [4.78, 5) is 32.4. The van der Waals surface area contributed by atoms with Crippen LogP contribution < -0.4 is 5.32 Å². The Balaban J connectivity index is 1.59. The summed E-state index contributed by atoms with van der Waals surface area (Å²) in [6, 6.07) is 19.1. The van der Waals surface area contributed by atoms with E-state index in [2.05, 4.69) is 16.9 Å². The maximum absolute atomic E-state index is 13.0. The summed E-state index contributed by atoms with van der Waals surface area (Å²) in [5.41, 5.74) is 3.83. The molecule has 168 valence electrons. The van der Waals surface area contributed by atoms with E-state index in [-0.39, 0.29) is 18.9 Å². The highest BCUT2D eigenvalue weighted by molar-refractivity contribution is 8.16. The Morgan fingerprint density at radius 2 is 1.85 bits per heavy atom. The average molecular weight is 460 g/mol. The third-order valence-electron chi connectivity index (χ3n) is 5.34. The molecule has 2 aromatic carbocycles. The fraction of sp³-hybridized carbons (Fsp3) is 0.192. The molecule has 0 aliphatic carbocycles. The Morgan fingerprint density at radius 3 is 2.55 bits per heavy atom. The molecule has 1 amide bonds. The molecule has 1 unspecified atom stereocenters. The van der Waals surface area contributed by atoms with E-state index in [9.17, 15) is 9.59 Å². The summed E-state index contributed by atoms with van der Waals surface area (Å²) >= 11 is 1.46. The molecule has 1 atom stereocenters. The molecule has 33 heavy (non-hydrogen) atoms. The van der Waals surface area contributed by atoms with E-state index < -0.39 is 12.0 Å². The highest BCUT2D eigenvalue weighted by Crippen LogP contribution is 2.44. The minimum atomic E-state index is -0.436. The van der Waals surface area contributed by atoms with Crippen LogP contribution in [0.1, 0.15) is 30.5 Å². The molecule has 2 aliphatic rings. The van der Waals surface area contributed by atoms with Crippen LogP contribution in [0.3, 0.4) is 0 Å². The number of aliphatic imine (C=N–C) groups is 1. The fourth-order valence-electron chi connectivity index (χ4n) is 3.82. The molecule has 2 aliphatic heterocycles. The number of hydrogen-bond donors (Lipinski definition) is 1. The van der Waals surface area contributed by atoms with E-state index in [0.29, 0.717) is 17.8 Å². The number of fused-ring (bicyclic) bond motifs is 1. The molecule has 0 saturated heterocycles. The maximum Gasteiger partial charge on any atom is 0.338 e. The Bertz CT molecular complexity index is 1140. The number of benzene rings is 2. The van der Waals surface area contributed by atoms with Gasteiger partial charge in [0, 0.05) is 12.2 Å². The monoisotopic (exact) mass is 459 g/mol. The van der Waals surface area contributed by atoms with Crippen molar-refractivity contribution < 1.29 is 14.3 Å². The second-order valence-corrected chi connectivity index (χ2v) is 8.47. The van der Waals surface area contributed by atoms with Gasteiger partial charge >= 0.3 is 5.97 Å². The number of hydrogen-bond acceptors (Lipinski definition) is 6. The molecule has 2 heterocycles. The van der Waals surface area contributed by atoms with Crippen molar-refractivity contribution >= 4 is 28.8 Å². The summed E-state index contributed by atoms with van der Waals surface area (Å²) < 4.78 is 5.39. The highest BCUT2D eigenvalue weighted by atomic mass is 32.2. The van der Waals surface area contributed by atoms with Gasteiger partial charge in [0.15, 0.2) is 5.17 Å². The van der Waals surface area contributed by atoms with Crippen molar-refractivity contribution in [1.29, 1.82) is 0 Å². The summed E-state index contributed by atoms with van der Waals surface area (Å²) in [5, 5.41) is 5.65. The first-order valence-electron chi connectivity index (χ1n) is 10.7. The van der Waals surface area contributed by atoms with Crippen LogP contribution in [0, 0.1) is 0 Å². The zero-order valence-corrected chi connectivity index (χ0v) is 19.2. The van der Waals surface area contributed by atoms with Gasteiger partial charge in [-0.25, -0.2) is 9.79 Å². The fourth-order valence-corrected chi connectivity index (χ4v) is 4.78. The van der Waals surface area contributed by atoms with Crippen LogP contribution in [-0.4, -0.2) is 28.6 Å². The minimum Gasteiger partial charge on any atom is -0.458 e. The molecular weight excluding hydrogens is 434 g/mol. The quantitative estimate of drug-likeness (QED) is 0.458. The largest absolute Gasteiger partial charge is 0.458 e. The number of rotatable bonds is 8. The molecule has 0 radical (unpaired) electrons. The molecular formula is C26H25N3O3S. The standard InChI is InChI=1S/C26H25N3O3S/c1-3-14-32-25(31)23-18(2)28-26-29(24(23)20-12-8-5-9-13-20)21(17-33-26)15-22(30)27-16-19-10-6-4-7-11-19/h3-13,17,24H,1,14-16H2,2H3,(H,27,30). The van der Waals surface area contributed by atoms with Gasteiger partial charge in [0.05, 0.1) is 23.7 Å². The predicted octanol–water partition coefficient (Wildman–Crippen LogP) is 4.70. The highest BCUT2D eigenvalue weighted by Gasteiger charge is 2.41. The Morgan fingerprint density at radius 1 is 1.15 bits per heavy atom. The van der Waals surface area contributed by atoms with Crippen LogP contribution in [0.2, 0.25) is 0 Å². The van der Waals surface area contributed by atoms with Gasteiger partial charge in [-0.2, -0.15) is 0 Å². The van der Waals surface area contributed by atoms with Gasteiger partial charge in [0.2, 0.25) is 5.91 Å². The second kappa shape index (κ2) is 10.4. The molecule has 4 rings (SSSR count). The van der Waals surface area contributed by atoms with Gasteiger partial charge in [-0.3, -0.25) is 4.79 Å². The van der Waals surface area contributed by atoms with Gasteiger partial charge < -0.3 is 15.0 Å². The van der Waals surface area contributed by atoms with Gasteiger partial charge in [-0.15, -0.1) is 0 Å². The first kappa shape index (κ1) is 22.6. The lowest BCUT2D eigenvalue weighted by atomic mass is 9.94. The van der Waals surface area contributed by atoms with Gasteiger partial charge in [0.1, 0.15) is 6.61 Å². The number of nitrogens with zero attached hydrogens (tertiary/aromatic N) is 2. The third kappa shape index (κ3) is 5.09. The average Bonchev–Trinajstić information content (AvgIpc) is 3.23. The SMILES string of the molecule is C=CCOC(=O)C1=C(C)N=C2SC=C(CC(=O)NCc3ccccc3)N2C1c1ccccc1. The number of carbonyl (C=O) groups is 2. The number of carbonyl (C=O) groups excluding carboxylic acids is 2. The summed E-state index contributed by atoms with van der Waals surface area (Å²) in [6.45, 7) is 6.02. The van der Waals surface area contributed by atoms with Crippen molar-refractivity contribution in [3.8, 4) is 0 Å². The van der Waals surface area contributed by atoms with Crippen LogP contribution in [0.5, 0.6) is 0 Å². The summed E-state index contributed by atoms with van der Waals surface area (Å²) in [7, 11) is 0. The molecule has 6 nitrogen and oxygen atoms in total. The molecule has 0 saturated carbocycles. The smallest absolute Gasteiger partial charge is 0.338 e. The van der Waals surface area contributed by atoms with Crippen molar-refractivity contribution in [2.24, 2.45) is 4.99 Å². The molecule has 7 heteroatoms. The molecule has 0 bridgehead atoms. The number of ether oxygens (including phenoxy) is 1. The van der Waals surface area contributed by atoms with Crippen molar-refractivity contribution in [2.75, 3.05) is 6.61 Å². The Kier molecular flexibility index (Phi) is 7.10. The normalized spacial score (nSPS) is 17.1. The van der Waals surface area contributed by atoms with E-state index in [0.717, 1.165) is 22.0 Å². The zero-order chi connectivity index (χ0) is 23.2. The Labute approximate surface area is 197 Å². The predicted molar refractivity (Wildman–Crippen MR) is 131 cm³/mol. The van der Waals surface area contributed by atoms with Crippen molar-refractivity contribution in [1.82, 2.24) is 10.2 Å². The molecule has 0 spiro atoms. The number of amidine groups is 1. The van der Waals surface area contributed by atoms with Gasteiger partial charge in [0.25, 0.3) is 0 Å². The maximum atomic E-state index is 13.0. The van der Waals surface area contributed by atoms with Crippen LogP contribution >= 0.6 is 11.8 Å². The second-order valence-electron chi connectivity index (χ2n) is 7.63. The lowest BCUT2D eigenvalue weighted by molar-refractivity contribution is -0.138. The first-order valence-corrected chi connectivity index (χ1v) is 11.5. The van der Waals surface area contributed by atoms with Crippen LogP contribution in [0.15, 0.2) is 101 Å². The first-order chi connectivity index (χ1) is 16.1. The lowest BCUT2D eigenvalue weighted by Gasteiger charge is -2.36. The number of thioether (sulfide) groups is 1. The van der Waals surface area contributed by atoms with Crippen LogP contribution in [0.4, 0.5) is 0 Å².